The summed E-state index contributed by atoms with van der Waals surface area (Å²) in [5, 5.41) is 10.8. The molecule has 9 heteroatoms. The fourth-order valence-corrected chi connectivity index (χ4v) is 4.55. The minimum absolute atomic E-state index is 0.0433. The van der Waals surface area contributed by atoms with E-state index in [0.717, 1.165) is 24.9 Å². The molecular formula is C20H16I2N2O5. The van der Waals surface area contributed by atoms with Crippen LogP contribution < -0.4 is 4.74 Å². The highest BCUT2D eigenvalue weighted by molar-refractivity contribution is 14.1. The molecule has 3 rings (SSSR count). The van der Waals surface area contributed by atoms with Gasteiger partial charge in [-0.2, -0.15) is 0 Å². The first-order chi connectivity index (χ1) is 13.8. The lowest BCUT2D eigenvalue weighted by atomic mass is 10.2. The number of ether oxygens (including phenoxy) is 2. The molecule has 0 spiro atoms. The van der Waals surface area contributed by atoms with Gasteiger partial charge < -0.3 is 9.47 Å². The second-order valence-corrected chi connectivity index (χ2v) is 8.61. The van der Waals surface area contributed by atoms with Crippen molar-refractivity contribution in [1.82, 2.24) is 0 Å². The molecule has 1 unspecified atom stereocenters. The summed E-state index contributed by atoms with van der Waals surface area (Å²) in [6.45, 7) is 4.08. The second-order valence-electron chi connectivity index (χ2n) is 6.29. The van der Waals surface area contributed by atoms with Gasteiger partial charge >= 0.3 is 5.97 Å². The molecule has 0 saturated heterocycles. The Morgan fingerprint density at radius 2 is 1.86 bits per heavy atom. The highest BCUT2D eigenvalue weighted by Gasteiger charge is 2.25. The Bertz CT molecular complexity index is 1010. The third-order valence-corrected chi connectivity index (χ3v) is 5.77. The predicted octanol–water partition coefficient (Wildman–Crippen LogP) is 5.33. The fourth-order valence-electron chi connectivity index (χ4n) is 2.48. The number of benzene rings is 2. The number of nitro benzene ring substituents is 1. The zero-order valence-corrected chi connectivity index (χ0v) is 19.8. The van der Waals surface area contributed by atoms with E-state index in [2.05, 4.69) is 57.1 Å². The largest absolute Gasteiger partial charge is 0.489 e. The number of non-ortho nitro benzene ring substituents is 1. The number of rotatable bonds is 6. The van der Waals surface area contributed by atoms with E-state index in [-0.39, 0.29) is 23.4 Å². The summed E-state index contributed by atoms with van der Waals surface area (Å²) in [7, 11) is 0. The summed E-state index contributed by atoms with van der Waals surface area (Å²) in [5.41, 5.74) is 1.42. The number of aliphatic imine (C=N–C) groups is 1. The Kier molecular flexibility index (Phi) is 6.88. The first-order valence-electron chi connectivity index (χ1n) is 8.71. The Morgan fingerprint density at radius 3 is 2.41 bits per heavy atom. The zero-order chi connectivity index (χ0) is 21.1. The number of carbonyl (C=O) groups excluding carboxylic acids is 1. The highest BCUT2D eigenvalue weighted by Crippen LogP contribution is 2.31. The Balaban J connectivity index is 1.88. The van der Waals surface area contributed by atoms with Crippen molar-refractivity contribution in [2.75, 3.05) is 0 Å². The molecule has 0 radical (unpaired) electrons. The van der Waals surface area contributed by atoms with Crippen molar-refractivity contribution < 1.29 is 19.2 Å². The molecule has 0 amide bonds. The van der Waals surface area contributed by atoms with E-state index < -0.39 is 10.9 Å². The molecule has 7 nitrogen and oxygen atoms in total. The van der Waals surface area contributed by atoms with Gasteiger partial charge in [0.2, 0.25) is 5.90 Å². The van der Waals surface area contributed by atoms with Crippen LogP contribution in [0.2, 0.25) is 0 Å². The van der Waals surface area contributed by atoms with E-state index >= 15 is 0 Å². The molecule has 0 saturated carbocycles. The average Bonchev–Trinajstić information content (AvgIpc) is 3.05. The van der Waals surface area contributed by atoms with Gasteiger partial charge in [-0.15, -0.1) is 0 Å². The summed E-state index contributed by atoms with van der Waals surface area (Å²) in [6.07, 6.45) is 2.67. The zero-order valence-electron chi connectivity index (χ0n) is 15.5. The first-order valence-corrected chi connectivity index (χ1v) is 10.9. The minimum atomic E-state index is -0.566. The van der Waals surface area contributed by atoms with Gasteiger partial charge in [0.1, 0.15) is 5.75 Å². The van der Waals surface area contributed by atoms with Gasteiger partial charge in [-0.1, -0.05) is 6.92 Å². The maximum atomic E-state index is 12.2. The third kappa shape index (κ3) is 5.13. The van der Waals surface area contributed by atoms with Gasteiger partial charge in [0.15, 0.2) is 5.70 Å². The average molecular weight is 618 g/mol. The molecule has 29 heavy (non-hydrogen) atoms. The highest BCUT2D eigenvalue weighted by atomic mass is 127. The summed E-state index contributed by atoms with van der Waals surface area (Å²) in [4.78, 5) is 26.7. The molecule has 0 fully saturated rings. The monoisotopic (exact) mass is 618 g/mol. The molecule has 0 bridgehead atoms. The van der Waals surface area contributed by atoms with E-state index in [1.165, 1.54) is 24.3 Å². The summed E-state index contributed by atoms with van der Waals surface area (Å²) in [5.74, 6) is 0.382. The van der Waals surface area contributed by atoms with Gasteiger partial charge in [0.05, 0.1) is 18.2 Å². The van der Waals surface area contributed by atoms with Crippen LogP contribution in [0.5, 0.6) is 5.75 Å². The summed E-state index contributed by atoms with van der Waals surface area (Å²) >= 11 is 4.42. The van der Waals surface area contributed by atoms with E-state index in [0.29, 0.717) is 5.56 Å². The molecule has 1 aliphatic heterocycles. The topological polar surface area (TPSA) is 91.0 Å². The molecule has 2 aromatic rings. The van der Waals surface area contributed by atoms with Crippen molar-refractivity contribution in [2.45, 2.75) is 26.4 Å². The van der Waals surface area contributed by atoms with Gasteiger partial charge in [-0.05, 0) is 94.4 Å². The van der Waals surface area contributed by atoms with Gasteiger partial charge in [0, 0.05) is 17.7 Å². The van der Waals surface area contributed by atoms with E-state index in [4.69, 9.17) is 9.47 Å². The van der Waals surface area contributed by atoms with Crippen molar-refractivity contribution in [3.8, 4) is 5.75 Å². The van der Waals surface area contributed by atoms with Crippen molar-refractivity contribution in [3.05, 3.63) is 70.5 Å². The molecule has 1 heterocycles. The molecule has 1 atom stereocenters. The molecule has 2 aromatic carbocycles. The van der Waals surface area contributed by atoms with Gasteiger partial charge in [0.25, 0.3) is 5.69 Å². The van der Waals surface area contributed by atoms with Crippen LogP contribution in [-0.2, 0) is 9.53 Å². The van der Waals surface area contributed by atoms with Crippen LogP contribution in [0.1, 0.15) is 31.4 Å². The smallest absolute Gasteiger partial charge is 0.363 e. The molecule has 150 valence electrons. The maximum absolute atomic E-state index is 12.2. The van der Waals surface area contributed by atoms with Gasteiger partial charge in [-0.3, -0.25) is 10.1 Å². The van der Waals surface area contributed by atoms with Crippen molar-refractivity contribution in [3.63, 3.8) is 0 Å². The number of esters is 1. The quantitative estimate of drug-likeness (QED) is 0.144. The summed E-state index contributed by atoms with van der Waals surface area (Å²) < 4.78 is 13.1. The number of nitro groups is 1. The van der Waals surface area contributed by atoms with Crippen LogP contribution in [0.4, 0.5) is 5.69 Å². The minimum Gasteiger partial charge on any atom is -0.489 e. The van der Waals surface area contributed by atoms with E-state index in [1.54, 1.807) is 6.08 Å². The van der Waals surface area contributed by atoms with Crippen molar-refractivity contribution in [1.29, 1.82) is 0 Å². The predicted molar refractivity (Wildman–Crippen MR) is 126 cm³/mol. The van der Waals surface area contributed by atoms with Crippen LogP contribution in [0.25, 0.3) is 6.08 Å². The molecule has 0 aliphatic carbocycles. The fraction of sp³-hybridized carbons (Fsp3) is 0.200. The number of cyclic esters (lactones) is 1. The molecule has 0 N–H and O–H groups in total. The number of hydrogen-bond donors (Lipinski definition) is 0. The molecule has 0 aromatic heterocycles. The van der Waals surface area contributed by atoms with Gasteiger partial charge in [-0.25, -0.2) is 9.79 Å². The third-order valence-electron chi connectivity index (χ3n) is 4.16. The standard InChI is InChI=1S/C20H16I2N2O5/c1-3-11(2)28-18-15(21)8-12(9-16(18)22)10-17-20(25)29-19(23-17)13-4-6-14(7-5-13)24(26)27/h4-11H,3H2,1-2H3/b17-10-. The SMILES string of the molecule is CCC(C)Oc1c(I)cc(/C=C2\N=C(c3ccc([N+](=O)[O-])cc3)OC2=O)cc1I. The number of nitrogens with zero attached hydrogens (tertiary/aromatic N) is 2. The lowest BCUT2D eigenvalue weighted by Crippen LogP contribution is -2.11. The lowest BCUT2D eigenvalue weighted by molar-refractivity contribution is -0.384. The van der Waals surface area contributed by atoms with Crippen LogP contribution in [0, 0.1) is 17.3 Å². The number of carbonyl (C=O) groups is 1. The van der Waals surface area contributed by atoms with Crippen molar-refractivity contribution >= 4 is 68.8 Å². The van der Waals surface area contributed by atoms with E-state index in [9.17, 15) is 14.9 Å². The molecule has 1 aliphatic rings. The Morgan fingerprint density at radius 1 is 1.24 bits per heavy atom. The maximum Gasteiger partial charge on any atom is 0.363 e. The normalized spacial score (nSPS) is 15.8. The number of halogens is 2. The second kappa shape index (κ2) is 9.20. The number of hydrogen-bond acceptors (Lipinski definition) is 6. The van der Waals surface area contributed by atoms with Crippen molar-refractivity contribution in [2.24, 2.45) is 4.99 Å². The molecular weight excluding hydrogens is 602 g/mol. The van der Waals surface area contributed by atoms with Crippen LogP contribution in [0.3, 0.4) is 0 Å². The first kappa shape index (κ1) is 21.7. The lowest BCUT2D eigenvalue weighted by Gasteiger charge is -2.16. The summed E-state index contributed by atoms with van der Waals surface area (Å²) in [6, 6.07) is 9.52. The Labute approximate surface area is 194 Å². The van der Waals surface area contributed by atoms with Crippen LogP contribution >= 0.6 is 45.2 Å². The van der Waals surface area contributed by atoms with Crippen LogP contribution in [-0.4, -0.2) is 22.9 Å². The van der Waals surface area contributed by atoms with Crippen LogP contribution in [0.15, 0.2) is 47.1 Å². The Hall–Kier alpha value is -2.02. The van der Waals surface area contributed by atoms with E-state index in [1.807, 2.05) is 19.1 Å².